The minimum atomic E-state index is -4.55. The molecule has 4 N–H and O–H groups in total. The zero-order valence-corrected chi connectivity index (χ0v) is 23.9. The van der Waals surface area contributed by atoms with Gasteiger partial charge in [-0.3, -0.25) is 19.2 Å². The molecule has 2 aliphatic rings. The van der Waals surface area contributed by atoms with Crippen molar-refractivity contribution in [2.75, 3.05) is 31.2 Å². The molecule has 1 aliphatic heterocycles. The van der Waals surface area contributed by atoms with Crippen LogP contribution in [0.25, 0.3) is 28.2 Å². The number of fused-ring (bicyclic) bond motifs is 3. The number of nitrogens with one attached hydrogen (secondary N) is 2. The van der Waals surface area contributed by atoms with E-state index in [0.29, 0.717) is 35.6 Å². The number of nitrogens with two attached hydrogens (primary N) is 1. The van der Waals surface area contributed by atoms with Crippen molar-refractivity contribution in [1.29, 1.82) is 0 Å². The van der Waals surface area contributed by atoms with Gasteiger partial charge in [0.25, 0.3) is 5.91 Å². The molecule has 4 aromatic rings. The van der Waals surface area contributed by atoms with Crippen LogP contribution in [-0.2, 0) is 11.0 Å². The fraction of sp³-hybridized carbons (Fsp3) is 0.323. The quantitative estimate of drug-likeness (QED) is 0.303. The third kappa shape index (κ3) is 6.00. The molecule has 1 aliphatic carbocycles. The van der Waals surface area contributed by atoms with Crippen LogP contribution in [0.3, 0.4) is 0 Å². The summed E-state index contributed by atoms with van der Waals surface area (Å²) in [4.78, 5) is 35.8. The summed E-state index contributed by atoms with van der Waals surface area (Å²) < 4.78 is 41.3. The van der Waals surface area contributed by atoms with Crippen LogP contribution in [0.4, 0.5) is 24.8 Å². The summed E-state index contributed by atoms with van der Waals surface area (Å²) in [5.41, 5.74) is 8.79. The molecule has 228 valence electrons. The molecule has 10 nitrogen and oxygen atoms in total. The van der Waals surface area contributed by atoms with Gasteiger partial charge in [0.2, 0.25) is 5.91 Å². The van der Waals surface area contributed by atoms with Crippen molar-refractivity contribution in [2.45, 2.75) is 43.9 Å². The maximum absolute atomic E-state index is 13.1. The van der Waals surface area contributed by atoms with Gasteiger partial charge in [0.15, 0.2) is 0 Å². The number of alkyl halides is 3. The third-order valence-corrected chi connectivity index (χ3v) is 8.02. The number of rotatable bonds is 3. The summed E-state index contributed by atoms with van der Waals surface area (Å²) in [7, 11) is 1.90. The molecule has 2 atom stereocenters. The molecule has 0 unspecified atom stereocenters. The molecule has 44 heavy (non-hydrogen) atoms. The van der Waals surface area contributed by atoms with Crippen LogP contribution < -0.4 is 16.4 Å². The first-order valence-electron chi connectivity index (χ1n) is 14.3. The molecule has 1 fully saturated rings. The van der Waals surface area contributed by atoms with Gasteiger partial charge < -0.3 is 16.4 Å². The van der Waals surface area contributed by atoms with Crippen LogP contribution in [0.2, 0.25) is 0 Å². The number of aromatic nitrogens is 4. The van der Waals surface area contributed by atoms with Crippen LogP contribution in [0.5, 0.6) is 0 Å². The minimum absolute atomic E-state index is 0.00603. The highest BCUT2D eigenvalue weighted by Gasteiger charge is 2.31. The van der Waals surface area contributed by atoms with Crippen LogP contribution >= 0.6 is 0 Å². The van der Waals surface area contributed by atoms with E-state index in [2.05, 4.69) is 20.6 Å². The Balaban J connectivity index is 1.36. The summed E-state index contributed by atoms with van der Waals surface area (Å²) in [6.45, 7) is 0.869. The Labute approximate surface area is 251 Å². The summed E-state index contributed by atoms with van der Waals surface area (Å²) >= 11 is 0. The molecule has 0 radical (unpaired) electrons. The van der Waals surface area contributed by atoms with Crippen LogP contribution in [-0.4, -0.2) is 62.6 Å². The number of likely N-dealkylation sites (N-methyl/N-ethyl adjacent to an activating group) is 1. The fourth-order valence-corrected chi connectivity index (χ4v) is 5.91. The number of anilines is 2. The monoisotopic (exact) mass is 604 g/mol. The first-order chi connectivity index (χ1) is 21.1. The van der Waals surface area contributed by atoms with Gasteiger partial charge in [0.1, 0.15) is 17.3 Å². The van der Waals surface area contributed by atoms with Gasteiger partial charge in [-0.2, -0.15) is 18.3 Å². The molecule has 1 aromatic carbocycles. The lowest BCUT2D eigenvalue weighted by Crippen LogP contribution is -2.43. The Bertz CT molecular complexity index is 1750. The van der Waals surface area contributed by atoms with E-state index < -0.39 is 17.6 Å². The average molecular weight is 605 g/mol. The van der Waals surface area contributed by atoms with E-state index in [1.165, 1.54) is 0 Å². The maximum Gasteiger partial charge on any atom is 0.416 e. The number of amides is 2. The Kier molecular flexibility index (Phi) is 7.80. The topological polar surface area (TPSA) is 131 Å². The zero-order chi connectivity index (χ0) is 31.0. The molecule has 4 heterocycles. The van der Waals surface area contributed by atoms with Gasteiger partial charge in [-0.15, -0.1) is 0 Å². The molecule has 3 aromatic heterocycles. The number of pyridine rings is 2. The lowest BCUT2D eigenvalue weighted by Gasteiger charge is -2.31. The summed E-state index contributed by atoms with van der Waals surface area (Å²) in [6, 6.07) is 8.26. The van der Waals surface area contributed by atoms with E-state index >= 15 is 0 Å². The summed E-state index contributed by atoms with van der Waals surface area (Å²) in [6.07, 6.45) is 5.56. The zero-order valence-electron chi connectivity index (χ0n) is 23.9. The smallest absolute Gasteiger partial charge is 0.383 e. The number of hydrogen-bond donors (Lipinski definition) is 3. The molecule has 2 amide bonds. The molecule has 6 rings (SSSR count). The van der Waals surface area contributed by atoms with Crippen molar-refractivity contribution in [3.05, 3.63) is 71.6 Å². The van der Waals surface area contributed by atoms with Crippen molar-refractivity contribution in [3.8, 4) is 11.3 Å². The van der Waals surface area contributed by atoms with Crippen LogP contribution in [0, 0.1) is 0 Å². The Morgan fingerprint density at radius 1 is 1.14 bits per heavy atom. The number of nitrogens with zero attached hydrogens (tertiary/aromatic N) is 5. The highest BCUT2D eigenvalue weighted by Crippen LogP contribution is 2.39. The second kappa shape index (κ2) is 11.7. The van der Waals surface area contributed by atoms with Crippen molar-refractivity contribution >= 4 is 40.4 Å². The lowest BCUT2D eigenvalue weighted by atomic mass is 9.90. The highest BCUT2D eigenvalue weighted by molar-refractivity contribution is 6.06. The SMILES string of the molecule is CN1C/C=C/c2cnc(N)c3c(-c4ccc(C(=O)Nc5cc(C(F)(F)F)ccn5)cc4)nn(c23)[C@@H]2CCC[C@H](C2)NC(=O)C1. The first-order valence-corrected chi connectivity index (χ1v) is 14.3. The molecular weight excluding hydrogens is 573 g/mol. The van der Waals surface area contributed by atoms with E-state index in [1.54, 1.807) is 30.5 Å². The molecule has 1 saturated carbocycles. The highest BCUT2D eigenvalue weighted by atomic mass is 19.4. The van der Waals surface area contributed by atoms with E-state index in [4.69, 9.17) is 10.8 Å². The van der Waals surface area contributed by atoms with E-state index in [0.717, 1.165) is 55.1 Å². The van der Waals surface area contributed by atoms with Gasteiger partial charge >= 0.3 is 6.18 Å². The number of halogens is 3. The van der Waals surface area contributed by atoms with Gasteiger partial charge in [0, 0.05) is 41.7 Å². The number of hydrogen-bond acceptors (Lipinski definition) is 7. The van der Waals surface area contributed by atoms with Gasteiger partial charge in [-0.25, -0.2) is 9.97 Å². The number of carbonyl (C=O) groups is 2. The first kappa shape index (κ1) is 29.3. The van der Waals surface area contributed by atoms with Gasteiger partial charge in [-0.05, 0) is 57.0 Å². The number of nitrogen functional groups attached to an aromatic ring is 1. The third-order valence-electron chi connectivity index (χ3n) is 8.02. The minimum Gasteiger partial charge on any atom is -0.383 e. The van der Waals surface area contributed by atoms with Crippen molar-refractivity contribution in [1.82, 2.24) is 30.0 Å². The summed E-state index contributed by atoms with van der Waals surface area (Å²) in [5, 5.41) is 11.4. The average Bonchev–Trinajstić information content (AvgIpc) is 3.40. The predicted octanol–water partition coefficient (Wildman–Crippen LogP) is 4.91. The Morgan fingerprint density at radius 2 is 1.93 bits per heavy atom. The molecule has 13 heteroatoms. The van der Waals surface area contributed by atoms with E-state index in [1.807, 2.05) is 28.8 Å². The standard InChI is InChI=1S/C31H31F3N8O2/c1-41-13-3-4-20-16-37-29(35)26-27(40-42(28(20)26)23-6-2-5-22(15-23)38-25(43)17-41)18-7-9-19(10-8-18)30(44)39-24-14-21(11-12-36-24)31(32,33)34/h3-4,7-12,14,16,22-23H,2,5-6,13,15,17H2,1H3,(H2,35,37)(H,38,43)(H,36,39,44)/b4-3+/t22-,23-/m1/s1. The molecule has 2 bridgehead atoms. The second-order valence-corrected chi connectivity index (χ2v) is 11.3. The van der Waals surface area contributed by atoms with Crippen LogP contribution in [0.1, 0.15) is 53.2 Å². The predicted molar refractivity (Wildman–Crippen MR) is 161 cm³/mol. The van der Waals surface area contributed by atoms with E-state index in [-0.39, 0.29) is 29.4 Å². The Hall–Kier alpha value is -4.78. The molecule has 0 spiro atoms. The summed E-state index contributed by atoms with van der Waals surface area (Å²) in [5.74, 6) is -0.494. The van der Waals surface area contributed by atoms with Crippen molar-refractivity contribution in [3.63, 3.8) is 0 Å². The molecule has 0 saturated heterocycles. The number of benzene rings is 1. The second-order valence-electron chi connectivity index (χ2n) is 11.3. The largest absolute Gasteiger partial charge is 0.416 e. The van der Waals surface area contributed by atoms with Crippen molar-refractivity contribution in [2.24, 2.45) is 0 Å². The van der Waals surface area contributed by atoms with Gasteiger partial charge in [0.05, 0.1) is 29.1 Å². The fourth-order valence-electron chi connectivity index (χ4n) is 5.91. The number of carbonyl (C=O) groups excluding carboxylic acids is 2. The van der Waals surface area contributed by atoms with Crippen LogP contribution in [0.15, 0.2) is 54.9 Å². The molecular formula is C31H31F3N8O2. The van der Waals surface area contributed by atoms with E-state index in [9.17, 15) is 22.8 Å². The lowest BCUT2D eigenvalue weighted by molar-refractivity contribution is -0.137. The van der Waals surface area contributed by atoms with Gasteiger partial charge in [-0.1, -0.05) is 24.3 Å². The maximum atomic E-state index is 13.1. The normalized spacial score (nSPS) is 20.2. The van der Waals surface area contributed by atoms with Crippen molar-refractivity contribution < 1.29 is 22.8 Å². The Morgan fingerprint density at radius 3 is 2.70 bits per heavy atom.